The second-order valence-electron chi connectivity index (χ2n) is 7.42. The lowest BCUT2D eigenvalue weighted by molar-refractivity contribution is -0.660. The maximum atomic E-state index is 4.53. The fourth-order valence-corrected chi connectivity index (χ4v) is 4.10. The fraction of sp³-hybridized carbons (Fsp3) is 0.167. The van der Waals surface area contributed by atoms with E-state index in [-0.39, 0.29) is 0 Å². The Morgan fingerprint density at radius 2 is 1.78 bits per heavy atom. The summed E-state index contributed by atoms with van der Waals surface area (Å²) >= 11 is 0. The summed E-state index contributed by atoms with van der Waals surface area (Å²) in [6, 6.07) is 17.7. The summed E-state index contributed by atoms with van der Waals surface area (Å²) in [5, 5.41) is 0. The zero-order valence-electron chi connectivity index (χ0n) is 15.9. The number of hydrogen-bond donors (Lipinski definition) is 0. The molecule has 3 heterocycles. The summed E-state index contributed by atoms with van der Waals surface area (Å²) in [4.78, 5) is 4.53. The molecule has 3 nitrogen and oxygen atoms in total. The van der Waals surface area contributed by atoms with E-state index in [0.29, 0.717) is 0 Å². The second-order valence-corrected chi connectivity index (χ2v) is 7.42. The van der Waals surface area contributed by atoms with Crippen molar-refractivity contribution in [1.82, 2.24) is 9.55 Å². The molecule has 1 aliphatic rings. The van der Waals surface area contributed by atoms with Gasteiger partial charge in [-0.3, -0.25) is 0 Å². The standard InChI is InChI=1S/C24H22N3/c1-16-4-7-18(8-5-16)19-10-12-26(3)22(14-19)24-17(2)6-9-21-20(24)15-23-25-11-13-27(21)23/h4-14H,15H2,1-3H3/q+1. The Kier molecular flexibility index (Phi) is 3.51. The first-order valence-electron chi connectivity index (χ1n) is 9.34. The zero-order chi connectivity index (χ0) is 18.5. The summed E-state index contributed by atoms with van der Waals surface area (Å²) in [7, 11) is 2.13. The predicted octanol–water partition coefficient (Wildman–Crippen LogP) is 4.55. The quantitative estimate of drug-likeness (QED) is 0.427. The van der Waals surface area contributed by atoms with Crippen LogP contribution in [-0.2, 0) is 13.5 Å². The number of hydrogen-bond acceptors (Lipinski definition) is 1. The molecule has 0 bridgehead atoms. The topological polar surface area (TPSA) is 21.7 Å². The van der Waals surface area contributed by atoms with Gasteiger partial charge < -0.3 is 4.57 Å². The van der Waals surface area contributed by atoms with E-state index < -0.39 is 0 Å². The van der Waals surface area contributed by atoms with Crippen LogP contribution in [0.4, 0.5) is 0 Å². The molecule has 0 radical (unpaired) electrons. The van der Waals surface area contributed by atoms with Crippen LogP contribution >= 0.6 is 0 Å². The van der Waals surface area contributed by atoms with Gasteiger partial charge in [0.2, 0.25) is 5.69 Å². The summed E-state index contributed by atoms with van der Waals surface area (Å²) in [6.45, 7) is 4.33. The van der Waals surface area contributed by atoms with E-state index >= 15 is 0 Å². The van der Waals surface area contributed by atoms with Crippen LogP contribution in [0.5, 0.6) is 0 Å². The average Bonchev–Trinajstić information content (AvgIpc) is 3.24. The van der Waals surface area contributed by atoms with Crippen molar-refractivity contribution in [3.05, 3.63) is 89.6 Å². The van der Waals surface area contributed by atoms with Gasteiger partial charge in [0.05, 0.1) is 11.3 Å². The summed E-state index contributed by atoms with van der Waals surface area (Å²) in [5.41, 5.74) is 10.3. The SMILES string of the molecule is Cc1ccc(-c2cc[n+](C)c(-c3c(C)ccc4c3Cc3nccn3-4)c2)cc1. The molecule has 2 aromatic heterocycles. The molecule has 0 N–H and O–H groups in total. The van der Waals surface area contributed by atoms with Crippen LogP contribution < -0.4 is 4.57 Å². The van der Waals surface area contributed by atoms with Gasteiger partial charge in [0.15, 0.2) is 6.20 Å². The van der Waals surface area contributed by atoms with E-state index in [2.05, 4.69) is 95.9 Å². The third-order valence-electron chi connectivity index (χ3n) is 5.60. The lowest BCUT2D eigenvalue weighted by Gasteiger charge is -2.12. The first-order valence-corrected chi connectivity index (χ1v) is 9.34. The molecule has 0 spiro atoms. The molecule has 5 rings (SSSR count). The molecule has 0 fully saturated rings. The van der Waals surface area contributed by atoms with E-state index in [9.17, 15) is 0 Å². The number of benzene rings is 2. The zero-order valence-corrected chi connectivity index (χ0v) is 15.9. The molecular weight excluding hydrogens is 330 g/mol. The van der Waals surface area contributed by atoms with Gasteiger partial charge >= 0.3 is 0 Å². The molecule has 0 unspecified atom stereocenters. The summed E-state index contributed by atoms with van der Waals surface area (Å²) in [5.74, 6) is 1.12. The van der Waals surface area contributed by atoms with E-state index in [1.165, 1.54) is 44.8 Å². The number of aromatic nitrogens is 3. The molecule has 0 saturated carbocycles. The Morgan fingerprint density at radius 3 is 2.59 bits per heavy atom. The molecule has 0 saturated heterocycles. The van der Waals surface area contributed by atoms with E-state index in [1.54, 1.807) is 0 Å². The minimum absolute atomic E-state index is 0.883. The van der Waals surface area contributed by atoms with Gasteiger partial charge in [0.1, 0.15) is 12.9 Å². The predicted molar refractivity (Wildman–Crippen MR) is 108 cm³/mol. The smallest absolute Gasteiger partial charge is 0.213 e. The van der Waals surface area contributed by atoms with Crippen molar-refractivity contribution < 1.29 is 4.57 Å². The molecule has 4 aromatic rings. The maximum absolute atomic E-state index is 4.53. The normalized spacial score (nSPS) is 12.1. The molecule has 1 aliphatic heterocycles. The van der Waals surface area contributed by atoms with Crippen LogP contribution in [0, 0.1) is 13.8 Å². The van der Waals surface area contributed by atoms with Crippen molar-refractivity contribution in [1.29, 1.82) is 0 Å². The van der Waals surface area contributed by atoms with Crippen LogP contribution in [-0.4, -0.2) is 9.55 Å². The molecule has 0 aliphatic carbocycles. The highest BCUT2D eigenvalue weighted by molar-refractivity contribution is 5.76. The van der Waals surface area contributed by atoms with Crippen LogP contribution in [0.1, 0.15) is 22.5 Å². The second kappa shape index (κ2) is 5.92. The van der Waals surface area contributed by atoms with Crippen LogP contribution in [0.2, 0.25) is 0 Å². The minimum atomic E-state index is 0.883. The summed E-state index contributed by atoms with van der Waals surface area (Å²) < 4.78 is 4.43. The van der Waals surface area contributed by atoms with Crippen LogP contribution in [0.3, 0.4) is 0 Å². The van der Waals surface area contributed by atoms with Crippen LogP contribution in [0.25, 0.3) is 28.1 Å². The fourth-order valence-electron chi connectivity index (χ4n) is 4.10. The molecule has 27 heavy (non-hydrogen) atoms. The lowest BCUT2D eigenvalue weighted by Crippen LogP contribution is -2.31. The van der Waals surface area contributed by atoms with Gasteiger partial charge in [0.25, 0.3) is 0 Å². The molecule has 0 atom stereocenters. The number of aryl methyl sites for hydroxylation is 3. The Labute approximate surface area is 159 Å². The number of rotatable bonds is 2. The van der Waals surface area contributed by atoms with Gasteiger partial charge in [-0.05, 0) is 42.2 Å². The highest BCUT2D eigenvalue weighted by atomic mass is 15.1. The largest absolute Gasteiger partial charge is 0.303 e. The van der Waals surface area contributed by atoms with E-state index in [0.717, 1.165) is 12.2 Å². The van der Waals surface area contributed by atoms with Crippen molar-refractivity contribution >= 4 is 0 Å². The van der Waals surface area contributed by atoms with Gasteiger partial charge in [-0.25, -0.2) is 9.55 Å². The van der Waals surface area contributed by atoms with Gasteiger partial charge in [0, 0.05) is 30.9 Å². The highest BCUT2D eigenvalue weighted by Crippen LogP contribution is 2.37. The number of nitrogens with zero attached hydrogens (tertiary/aromatic N) is 3. The number of fused-ring (bicyclic) bond motifs is 3. The van der Waals surface area contributed by atoms with Crippen molar-refractivity contribution in [2.45, 2.75) is 20.3 Å². The first-order chi connectivity index (χ1) is 13.1. The first kappa shape index (κ1) is 16.0. The van der Waals surface area contributed by atoms with E-state index in [4.69, 9.17) is 0 Å². The average molecular weight is 352 g/mol. The molecule has 2 aromatic carbocycles. The lowest BCUT2D eigenvalue weighted by atomic mass is 9.94. The van der Waals surface area contributed by atoms with E-state index in [1.807, 2.05) is 6.20 Å². The number of imidazole rings is 1. The Balaban J connectivity index is 1.70. The monoisotopic (exact) mass is 352 g/mol. The minimum Gasteiger partial charge on any atom is -0.303 e. The van der Waals surface area contributed by atoms with Crippen molar-refractivity contribution in [3.63, 3.8) is 0 Å². The third-order valence-corrected chi connectivity index (χ3v) is 5.60. The van der Waals surface area contributed by atoms with Crippen molar-refractivity contribution in [2.75, 3.05) is 0 Å². The van der Waals surface area contributed by atoms with Gasteiger partial charge in [-0.1, -0.05) is 35.9 Å². The number of pyridine rings is 1. The maximum Gasteiger partial charge on any atom is 0.213 e. The Morgan fingerprint density at radius 1 is 0.963 bits per heavy atom. The van der Waals surface area contributed by atoms with Crippen LogP contribution in [0.15, 0.2) is 67.1 Å². The van der Waals surface area contributed by atoms with Gasteiger partial charge in [-0.15, -0.1) is 0 Å². The molecule has 132 valence electrons. The summed E-state index contributed by atoms with van der Waals surface area (Å²) in [6.07, 6.45) is 6.99. The third kappa shape index (κ3) is 2.50. The Bertz CT molecular complexity index is 1170. The van der Waals surface area contributed by atoms with Crippen molar-refractivity contribution in [3.8, 4) is 28.1 Å². The Hall–Kier alpha value is -3.20. The van der Waals surface area contributed by atoms with Crippen molar-refractivity contribution in [2.24, 2.45) is 7.05 Å². The highest BCUT2D eigenvalue weighted by Gasteiger charge is 2.27. The molecule has 3 heteroatoms. The molecular formula is C24H22N3+. The van der Waals surface area contributed by atoms with Gasteiger partial charge in [-0.2, -0.15) is 0 Å². The molecule has 0 amide bonds.